The molecule has 2 rings (SSSR count). The van der Waals surface area contributed by atoms with Crippen LogP contribution in [-0.4, -0.2) is 9.97 Å². The van der Waals surface area contributed by atoms with Gasteiger partial charge in [-0.3, -0.25) is 0 Å². The van der Waals surface area contributed by atoms with Crippen molar-refractivity contribution in [3.63, 3.8) is 0 Å². The van der Waals surface area contributed by atoms with Gasteiger partial charge in [-0.1, -0.05) is 25.5 Å². The van der Waals surface area contributed by atoms with Crippen molar-refractivity contribution >= 4 is 17.5 Å². The minimum absolute atomic E-state index is 0.541. The number of hydrogen-bond acceptors (Lipinski definition) is 5. The van der Waals surface area contributed by atoms with Gasteiger partial charge in [0, 0.05) is 17.4 Å². The first-order valence-corrected chi connectivity index (χ1v) is 6.89. The number of hydrazine groups is 1. The number of hydrogen-bond donors (Lipinski definition) is 3. The van der Waals surface area contributed by atoms with Gasteiger partial charge >= 0.3 is 0 Å². The molecule has 0 radical (unpaired) electrons. The summed E-state index contributed by atoms with van der Waals surface area (Å²) in [5.74, 6) is 6.52. The lowest BCUT2D eigenvalue weighted by Crippen LogP contribution is -2.10. The normalized spacial score (nSPS) is 10.3. The molecular weight excluding hydrogens is 250 g/mol. The molecule has 106 valence electrons. The maximum atomic E-state index is 5.38. The second-order valence-electron chi connectivity index (χ2n) is 4.79. The number of nitrogen functional groups attached to an aromatic ring is 1. The minimum atomic E-state index is 0.541. The Morgan fingerprint density at radius 2 is 1.90 bits per heavy atom. The van der Waals surface area contributed by atoms with Gasteiger partial charge in [0.15, 0.2) is 0 Å². The first-order valence-electron chi connectivity index (χ1n) is 6.89. The van der Waals surface area contributed by atoms with Gasteiger partial charge in [-0.05, 0) is 37.5 Å². The van der Waals surface area contributed by atoms with Crippen LogP contribution in [0, 0.1) is 6.92 Å². The average molecular weight is 271 g/mol. The number of aryl methyl sites for hydroxylation is 2. The molecule has 0 spiro atoms. The van der Waals surface area contributed by atoms with Gasteiger partial charge in [-0.2, -0.15) is 4.98 Å². The molecule has 0 bridgehead atoms. The summed E-state index contributed by atoms with van der Waals surface area (Å²) in [7, 11) is 0. The number of anilines is 3. The highest BCUT2D eigenvalue weighted by atomic mass is 15.3. The Balaban J connectivity index is 2.07. The largest absolute Gasteiger partial charge is 0.324 e. The molecule has 0 aliphatic carbocycles. The molecule has 4 N–H and O–H groups in total. The molecule has 0 aliphatic rings. The van der Waals surface area contributed by atoms with Crippen LogP contribution in [0.4, 0.5) is 17.5 Å². The van der Waals surface area contributed by atoms with Gasteiger partial charge < -0.3 is 10.7 Å². The van der Waals surface area contributed by atoms with Gasteiger partial charge in [0.2, 0.25) is 5.95 Å². The molecule has 1 aromatic carbocycles. The van der Waals surface area contributed by atoms with E-state index in [9.17, 15) is 0 Å². The summed E-state index contributed by atoms with van der Waals surface area (Å²) >= 11 is 0. The van der Waals surface area contributed by atoms with Gasteiger partial charge in [-0.25, -0.2) is 10.8 Å². The van der Waals surface area contributed by atoms with Gasteiger partial charge in [-0.15, -0.1) is 0 Å². The van der Waals surface area contributed by atoms with Crippen LogP contribution in [-0.2, 0) is 6.42 Å². The van der Waals surface area contributed by atoms with E-state index in [0.29, 0.717) is 11.8 Å². The van der Waals surface area contributed by atoms with Gasteiger partial charge in [0.05, 0.1) is 0 Å². The summed E-state index contributed by atoms with van der Waals surface area (Å²) in [6, 6.07) is 10.2. The Morgan fingerprint density at radius 1 is 1.15 bits per heavy atom. The predicted octanol–water partition coefficient (Wildman–Crippen LogP) is 3.16. The molecule has 0 aliphatic heterocycles. The third kappa shape index (κ3) is 3.93. The fraction of sp³-hybridized carbons (Fsp3) is 0.333. The van der Waals surface area contributed by atoms with E-state index in [0.717, 1.165) is 17.8 Å². The lowest BCUT2D eigenvalue weighted by Gasteiger charge is -2.08. The molecule has 0 fully saturated rings. The van der Waals surface area contributed by atoms with E-state index in [4.69, 9.17) is 5.84 Å². The Bertz CT molecular complexity index is 551. The third-order valence-electron chi connectivity index (χ3n) is 3.03. The highest BCUT2D eigenvalue weighted by molar-refractivity contribution is 5.55. The van der Waals surface area contributed by atoms with Crippen LogP contribution in [0.2, 0.25) is 0 Å². The Morgan fingerprint density at radius 3 is 2.55 bits per heavy atom. The van der Waals surface area contributed by atoms with E-state index in [1.54, 1.807) is 6.07 Å². The number of aromatic nitrogens is 2. The van der Waals surface area contributed by atoms with Crippen molar-refractivity contribution in [2.24, 2.45) is 5.84 Å². The summed E-state index contributed by atoms with van der Waals surface area (Å²) in [5, 5.41) is 3.18. The lowest BCUT2D eigenvalue weighted by molar-refractivity contribution is 0.795. The maximum Gasteiger partial charge on any atom is 0.229 e. The predicted molar refractivity (Wildman–Crippen MR) is 82.9 cm³/mol. The highest BCUT2D eigenvalue weighted by Gasteiger charge is 2.02. The fourth-order valence-corrected chi connectivity index (χ4v) is 1.96. The Kier molecular flexibility index (Phi) is 4.90. The first-order chi connectivity index (χ1) is 9.71. The number of benzene rings is 1. The van der Waals surface area contributed by atoms with Crippen LogP contribution >= 0.6 is 0 Å². The minimum Gasteiger partial charge on any atom is -0.324 e. The van der Waals surface area contributed by atoms with E-state index in [1.807, 2.05) is 19.1 Å². The molecule has 5 nitrogen and oxygen atoms in total. The number of unbranched alkanes of at least 4 members (excludes halogenated alkanes) is 1. The number of nitrogens with zero attached hydrogens (tertiary/aromatic N) is 2. The van der Waals surface area contributed by atoms with Crippen molar-refractivity contribution in [3.05, 3.63) is 41.6 Å². The molecule has 1 aromatic heterocycles. The zero-order valence-corrected chi connectivity index (χ0v) is 12.0. The van der Waals surface area contributed by atoms with Crippen molar-refractivity contribution < 1.29 is 0 Å². The molecule has 0 unspecified atom stereocenters. The number of rotatable bonds is 6. The van der Waals surface area contributed by atoms with Gasteiger partial charge in [0.25, 0.3) is 0 Å². The second kappa shape index (κ2) is 6.86. The quantitative estimate of drug-likeness (QED) is 0.556. The number of nitrogens with two attached hydrogens (primary N) is 1. The third-order valence-corrected chi connectivity index (χ3v) is 3.03. The van der Waals surface area contributed by atoms with Crippen LogP contribution in [0.15, 0.2) is 30.3 Å². The maximum absolute atomic E-state index is 5.38. The molecule has 20 heavy (non-hydrogen) atoms. The van der Waals surface area contributed by atoms with E-state index in [-0.39, 0.29) is 0 Å². The SMILES string of the molecule is CCCCc1ccc(Nc2nc(C)cc(NN)n2)cc1. The molecular formula is C15H21N5. The van der Waals surface area contributed by atoms with Crippen molar-refractivity contribution in [3.8, 4) is 0 Å². The monoisotopic (exact) mass is 271 g/mol. The summed E-state index contributed by atoms with van der Waals surface area (Å²) in [6.07, 6.45) is 3.56. The fourth-order valence-electron chi connectivity index (χ4n) is 1.96. The number of nitrogens with one attached hydrogen (secondary N) is 2. The molecule has 1 heterocycles. The second-order valence-corrected chi connectivity index (χ2v) is 4.79. The average Bonchev–Trinajstić information content (AvgIpc) is 2.46. The lowest BCUT2D eigenvalue weighted by atomic mass is 10.1. The summed E-state index contributed by atoms with van der Waals surface area (Å²) in [5.41, 5.74) is 5.72. The van der Waals surface area contributed by atoms with Crippen molar-refractivity contribution in [1.82, 2.24) is 9.97 Å². The zero-order valence-electron chi connectivity index (χ0n) is 12.0. The van der Waals surface area contributed by atoms with E-state index in [2.05, 4.69) is 39.8 Å². The summed E-state index contributed by atoms with van der Waals surface area (Å²) in [4.78, 5) is 8.59. The van der Waals surface area contributed by atoms with Crippen LogP contribution in [0.3, 0.4) is 0 Å². The molecule has 0 saturated carbocycles. The molecule has 0 saturated heterocycles. The van der Waals surface area contributed by atoms with Gasteiger partial charge in [0.1, 0.15) is 5.82 Å². The molecule has 0 atom stereocenters. The standard InChI is InChI=1S/C15H21N5/c1-3-4-5-12-6-8-13(9-7-12)18-15-17-11(2)10-14(19-15)20-16/h6-10H,3-5,16H2,1-2H3,(H2,17,18,19,20). The van der Waals surface area contributed by atoms with Crippen LogP contribution < -0.4 is 16.6 Å². The van der Waals surface area contributed by atoms with Crippen LogP contribution in [0.5, 0.6) is 0 Å². The van der Waals surface area contributed by atoms with E-state index in [1.165, 1.54) is 18.4 Å². The van der Waals surface area contributed by atoms with Crippen molar-refractivity contribution in [1.29, 1.82) is 0 Å². The first kappa shape index (κ1) is 14.3. The molecule has 2 aromatic rings. The van der Waals surface area contributed by atoms with Crippen molar-refractivity contribution in [2.75, 3.05) is 10.7 Å². The van der Waals surface area contributed by atoms with Crippen LogP contribution in [0.25, 0.3) is 0 Å². The molecule has 5 heteroatoms. The smallest absolute Gasteiger partial charge is 0.229 e. The Labute approximate surface area is 119 Å². The Hall–Kier alpha value is -2.14. The molecule has 0 amide bonds. The summed E-state index contributed by atoms with van der Waals surface area (Å²) < 4.78 is 0. The summed E-state index contributed by atoms with van der Waals surface area (Å²) in [6.45, 7) is 4.11. The topological polar surface area (TPSA) is 75.9 Å². The zero-order chi connectivity index (χ0) is 14.4. The van der Waals surface area contributed by atoms with E-state index >= 15 is 0 Å². The van der Waals surface area contributed by atoms with Crippen LogP contribution in [0.1, 0.15) is 31.0 Å². The van der Waals surface area contributed by atoms with E-state index < -0.39 is 0 Å². The van der Waals surface area contributed by atoms with Crippen molar-refractivity contribution in [2.45, 2.75) is 33.1 Å². The highest BCUT2D eigenvalue weighted by Crippen LogP contribution is 2.17.